The molecule has 71 heavy (non-hydrogen) atoms. The maximum absolute atomic E-state index is 12.9. The molecule has 0 aliphatic carbocycles. The van der Waals surface area contributed by atoms with Crippen LogP contribution in [0.15, 0.2) is 109 Å². The van der Waals surface area contributed by atoms with Gasteiger partial charge in [0, 0.05) is 19.3 Å². The van der Waals surface area contributed by atoms with Gasteiger partial charge in [0.2, 0.25) is 0 Å². The molecule has 0 rings (SSSR count). The van der Waals surface area contributed by atoms with Crippen molar-refractivity contribution in [3.05, 3.63) is 109 Å². The first kappa shape index (κ1) is 67.1. The molecular formula is C65H108O6. The Morgan fingerprint density at radius 2 is 0.549 bits per heavy atom. The van der Waals surface area contributed by atoms with Gasteiger partial charge in [-0.1, -0.05) is 233 Å². The van der Waals surface area contributed by atoms with E-state index in [-0.39, 0.29) is 31.1 Å². The highest BCUT2D eigenvalue weighted by molar-refractivity contribution is 5.71. The lowest BCUT2D eigenvalue weighted by Gasteiger charge is -2.18. The fourth-order valence-corrected chi connectivity index (χ4v) is 7.89. The van der Waals surface area contributed by atoms with E-state index in [1.165, 1.54) is 83.5 Å². The van der Waals surface area contributed by atoms with Gasteiger partial charge in [-0.3, -0.25) is 14.4 Å². The van der Waals surface area contributed by atoms with Crippen LogP contribution in [0.1, 0.15) is 265 Å². The number of carbonyl (C=O) groups is 3. The summed E-state index contributed by atoms with van der Waals surface area (Å²) in [6.45, 7) is 6.38. The molecule has 0 aromatic carbocycles. The summed E-state index contributed by atoms with van der Waals surface area (Å²) in [5, 5.41) is 0. The van der Waals surface area contributed by atoms with Gasteiger partial charge in [-0.25, -0.2) is 0 Å². The van der Waals surface area contributed by atoms with Crippen molar-refractivity contribution in [2.75, 3.05) is 13.2 Å². The number of hydrogen-bond donors (Lipinski definition) is 0. The third-order valence-electron chi connectivity index (χ3n) is 12.2. The zero-order chi connectivity index (χ0) is 51.4. The highest BCUT2D eigenvalue weighted by atomic mass is 16.6. The van der Waals surface area contributed by atoms with E-state index in [0.717, 1.165) is 141 Å². The van der Waals surface area contributed by atoms with Gasteiger partial charge in [-0.2, -0.15) is 0 Å². The maximum Gasteiger partial charge on any atom is 0.306 e. The van der Waals surface area contributed by atoms with Crippen molar-refractivity contribution in [2.24, 2.45) is 0 Å². The third-order valence-corrected chi connectivity index (χ3v) is 12.2. The molecule has 0 spiro atoms. The van der Waals surface area contributed by atoms with Crippen LogP contribution in [0.5, 0.6) is 0 Å². The van der Waals surface area contributed by atoms with E-state index in [1.807, 2.05) is 0 Å². The average Bonchev–Trinajstić information content (AvgIpc) is 3.37. The van der Waals surface area contributed by atoms with Crippen LogP contribution in [0.4, 0.5) is 0 Å². The summed E-state index contributed by atoms with van der Waals surface area (Å²) in [7, 11) is 0. The second-order valence-electron chi connectivity index (χ2n) is 19.1. The van der Waals surface area contributed by atoms with Crippen LogP contribution >= 0.6 is 0 Å². The van der Waals surface area contributed by atoms with Crippen molar-refractivity contribution in [2.45, 2.75) is 271 Å². The Kier molecular flexibility index (Phi) is 55.4. The quantitative estimate of drug-likeness (QED) is 0.0261. The van der Waals surface area contributed by atoms with Gasteiger partial charge in [-0.15, -0.1) is 0 Å². The number of allylic oxidation sites excluding steroid dienone is 18. The number of carbonyl (C=O) groups excluding carboxylic acids is 3. The number of ether oxygens (including phenoxy) is 3. The van der Waals surface area contributed by atoms with E-state index < -0.39 is 6.10 Å². The van der Waals surface area contributed by atoms with Crippen LogP contribution < -0.4 is 0 Å². The fourth-order valence-electron chi connectivity index (χ4n) is 7.89. The highest BCUT2D eigenvalue weighted by Crippen LogP contribution is 2.14. The minimum absolute atomic E-state index is 0.0962. The van der Waals surface area contributed by atoms with Crippen LogP contribution in [0.25, 0.3) is 0 Å². The van der Waals surface area contributed by atoms with Crippen molar-refractivity contribution in [3.8, 4) is 0 Å². The zero-order valence-corrected chi connectivity index (χ0v) is 46.2. The highest BCUT2D eigenvalue weighted by Gasteiger charge is 2.19. The molecule has 0 radical (unpaired) electrons. The maximum atomic E-state index is 12.9. The van der Waals surface area contributed by atoms with Crippen LogP contribution in [0.2, 0.25) is 0 Å². The van der Waals surface area contributed by atoms with E-state index >= 15 is 0 Å². The van der Waals surface area contributed by atoms with Crippen molar-refractivity contribution >= 4 is 17.9 Å². The minimum atomic E-state index is -0.799. The number of unbranched alkanes of at least 4 members (excludes halogenated alkanes) is 23. The molecule has 0 aromatic heterocycles. The second-order valence-corrected chi connectivity index (χ2v) is 19.1. The van der Waals surface area contributed by atoms with Crippen molar-refractivity contribution < 1.29 is 28.6 Å². The van der Waals surface area contributed by atoms with Gasteiger partial charge in [0.25, 0.3) is 0 Å². The summed E-state index contributed by atoms with van der Waals surface area (Å²) in [5.41, 5.74) is 0. The third kappa shape index (κ3) is 56.9. The summed E-state index contributed by atoms with van der Waals surface area (Å²) in [6, 6.07) is 0. The average molecular weight is 986 g/mol. The van der Waals surface area contributed by atoms with E-state index in [9.17, 15) is 14.4 Å². The molecule has 0 amide bonds. The molecule has 0 bridgehead atoms. The summed E-state index contributed by atoms with van der Waals surface area (Å²) in [6.07, 6.45) is 79.3. The predicted octanol–water partition coefficient (Wildman–Crippen LogP) is 19.9. The van der Waals surface area contributed by atoms with E-state index in [2.05, 4.69) is 130 Å². The summed E-state index contributed by atoms with van der Waals surface area (Å²) in [4.78, 5) is 38.2. The molecule has 0 aliphatic rings. The Labute approximate surface area is 438 Å². The molecule has 6 nitrogen and oxygen atoms in total. The Morgan fingerprint density at radius 1 is 0.296 bits per heavy atom. The monoisotopic (exact) mass is 985 g/mol. The smallest absolute Gasteiger partial charge is 0.306 e. The molecule has 0 saturated heterocycles. The van der Waals surface area contributed by atoms with Gasteiger partial charge >= 0.3 is 17.9 Å². The van der Waals surface area contributed by atoms with Gasteiger partial charge in [-0.05, 0) is 122 Å². The van der Waals surface area contributed by atoms with E-state index in [0.29, 0.717) is 19.3 Å². The van der Waals surface area contributed by atoms with Crippen LogP contribution in [0.3, 0.4) is 0 Å². The summed E-state index contributed by atoms with van der Waals surface area (Å²) in [5.74, 6) is -0.933. The van der Waals surface area contributed by atoms with E-state index in [1.54, 1.807) is 0 Å². The van der Waals surface area contributed by atoms with Crippen molar-refractivity contribution in [1.29, 1.82) is 0 Å². The summed E-state index contributed by atoms with van der Waals surface area (Å²) < 4.78 is 16.9. The lowest BCUT2D eigenvalue weighted by Crippen LogP contribution is -2.30. The minimum Gasteiger partial charge on any atom is -0.462 e. The molecule has 0 N–H and O–H groups in total. The van der Waals surface area contributed by atoms with Crippen LogP contribution in [-0.2, 0) is 28.6 Å². The number of hydrogen-bond acceptors (Lipinski definition) is 6. The standard InChI is InChI=1S/C65H108O6/c1-4-7-10-13-16-19-22-25-28-30-31-32-33-35-37-40-43-46-49-52-55-58-64(67)70-61-62(60-69-63(66)57-54-51-48-45-42-39-36-27-24-21-18-15-12-9-6-3)71-65(68)59-56-53-50-47-44-41-38-34-29-26-23-20-17-14-11-8-5-2/h8-9,11-12,17-18,20-22,25-27,29-31,33,35-36,62H,4-7,10,13-16,19,23-24,28,32,34,37-61H2,1-3H3/b11-8-,12-9-,20-17-,21-18-,25-22-,29-26-,31-30-,35-33-,36-27-. The molecule has 0 aliphatic heterocycles. The molecule has 0 fully saturated rings. The van der Waals surface area contributed by atoms with Gasteiger partial charge in [0.05, 0.1) is 0 Å². The predicted molar refractivity (Wildman–Crippen MR) is 307 cm³/mol. The van der Waals surface area contributed by atoms with Gasteiger partial charge < -0.3 is 14.2 Å². The molecule has 1 atom stereocenters. The molecule has 6 heteroatoms. The first-order valence-electron chi connectivity index (χ1n) is 29.4. The van der Waals surface area contributed by atoms with Crippen molar-refractivity contribution in [1.82, 2.24) is 0 Å². The normalized spacial score (nSPS) is 12.9. The fraction of sp³-hybridized carbons (Fsp3) is 0.677. The van der Waals surface area contributed by atoms with E-state index in [4.69, 9.17) is 14.2 Å². The largest absolute Gasteiger partial charge is 0.462 e. The lowest BCUT2D eigenvalue weighted by molar-refractivity contribution is -0.167. The molecular weight excluding hydrogens is 877 g/mol. The molecule has 0 aromatic rings. The zero-order valence-electron chi connectivity index (χ0n) is 46.2. The Hall–Kier alpha value is -3.93. The lowest BCUT2D eigenvalue weighted by atomic mass is 10.1. The second kappa shape index (κ2) is 58.6. The first-order chi connectivity index (χ1) is 35.0. The van der Waals surface area contributed by atoms with Crippen molar-refractivity contribution in [3.63, 3.8) is 0 Å². The SMILES string of the molecule is CC/C=C\C/C=C\C/C=C\CCCCCCCCCC(=O)OC(COC(=O)CCCCCCC/C=C\C/C=C\C/C=C\CC)COC(=O)CCCCCCCC/C=C\C/C=C\C/C=C\CCCCCCC. The van der Waals surface area contributed by atoms with Crippen LogP contribution in [0, 0.1) is 0 Å². The Bertz CT molecular complexity index is 1460. The molecule has 404 valence electrons. The Morgan fingerprint density at radius 3 is 0.859 bits per heavy atom. The Balaban J connectivity index is 4.44. The van der Waals surface area contributed by atoms with Gasteiger partial charge in [0.1, 0.15) is 13.2 Å². The number of rotatable bonds is 52. The molecule has 1 unspecified atom stereocenters. The first-order valence-corrected chi connectivity index (χ1v) is 29.4. The van der Waals surface area contributed by atoms with Crippen LogP contribution in [-0.4, -0.2) is 37.2 Å². The molecule has 0 saturated carbocycles. The topological polar surface area (TPSA) is 78.9 Å². The molecule has 0 heterocycles. The van der Waals surface area contributed by atoms with Gasteiger partial charge in [0.15, 0.2) is 6.10 Å². The number of esters is 3. The summed E-state index contributed by atoms with van der Waals surface area (Å²) >= 11 is 0.